The van der Waals surface area contributed by atoms with E-state index in [0.29, 0.717) is 6.04 Å². The van der Waals surface area contributed by atoms with Crippen LogP contribution in [0.2, 0.25) is 0 Å². The summed E-state index contributed by atoms with van der Waals surface area (Å²) in [5, 5.41) is 3.44. The summed E-state index contributed by atoms with van der Waals surface area (Å²) in [4.78, 5) is 6.86. The molecule has 2 aromatic rings. The minimum absolute atomic E-state index is 0.497. The number of oxazole rings is 1. The predicted octanol–water partition coefficient (Wildman–Crippen LogP) is 2.41. The normalized spacial score (nSPS) is 20.2. The lowest BCUT2D eigenvalue weighted by Gasteiger charge is -2.32. The highest BCUT2D eigenvalue weighted by molar-refractivity contribution is 5.74. The molecule has 4 nitrogen and oxygen atoms in total. The van der Waals surface area contributed by atoms with Gasteiger partial charge in [0.2, 0.25) is 0 Å². The average molecular weight is 245 g/mol. The van der Waals surface area contributed by atoms with E-state index >= 15 is 0 Å². The third-order valence-corrected chi connectivity index (χ3v) is 3.58. The van der Waals surface area contributed by atoms with Gasteiger partial charge in [0.25, 0.3) is 6.01 Å². The van der Waals surface area contributed by atoms with Crippen molar-refractivity contribution in [3.8, 4) is 0 Å². The quantitative estimate of drug-likeness (QED) is 0.901. The molecule has 18 heavy (non-hydrogen) atoms. The van der Waals surface area contributed by atoms with E-state index in [9.17, 15) is 0 Å². The topological polar surface area (TPSA) is 41.3 Å². The molecule has 3 rings (SSSR count). The summed E-state index contributed by atoms with van der Waals surface area (Å²) in [6.07, 6.45) is 2.43. The van der Waals surface area contributed by atoms with E-state index in [4.69, 9.17) is 4.42 Å². The molecule has 1 atom stereocenters. The molecule has 0 radical (unpaired) electrons. The predicted molar refractivity (Wildman–Crippen MR) is 72.9 cm³/mol. The SMILES string of the molecule is CCN(c1nc2ccccc2o1)C1CCCNC1. The molecule has 1 fully saturated rings. The van der Waals surface area contributed by atoms with E-state index in [0.717, 1.165) is 36.7 Å². The molecule has 1 aliphatic heterocycles. The first-order valence-electron chi connectivity index (χ1n) is 6.71. The molecule has 0 amide bonds. The smallest absolute Gasteiger partial charge is 0.298 e. The van der Waals surface area contributed by atoms with Crippen molar-refractivity contribution < 1.29 is 4.42 Å². The number of aromatic nitrogens is 1. The highest BCUT2D eigenvalue weighted by Gasteiger charge is 2.23. The van der Waals surface area contributed by atoms with Gasteiger partial charge in [-0.05, 0) is 38.4 Å². The zero-order valence-corrected chi connectivity index (χ0v) is 10.7. The summed E-state index contributed by atoms with van der Waals surface area (Å²) < 4.78 is 5.86. The Morgan fingerprint density at radius 3 is 3.06 bits per heavy atom. The number of benzene rings is 1. The Balaban J connectivity index is 1.90. The highest BCUT2D eigenvalue weighted by Crippen LogP contribution is 2.24. The third-order valence-electron chi connectivity index (χ3n) is 3.58. The Bertz CT molecular complexity index is 483. The van der Waals surface area contributed by atoms with E-state index in [1.165, 1.54) is 12.8 Å². The number of hydrogen-bond donors (Lipinski definition) is 1. The lowest BCUT2D eigenvalue weighted by molar-refractivity contribution is 0.413. The molecule has 0 spiro atoms. The summed E-state index contributed by atoms with van der Waals surface area (Å²) in [5.74, 6) is 0. The van der Waals surface area contributed by atoms with Crippen molar-refractivity contribution in [3.05, 3.63) is 24.3 Å². The molecular formula is C14H19N3O. The Labute approximate surface area is 107 Å². The van der Waals surface area contributed by atoms with Gasteiger partial charge in [0, 0.05) is 19.1 Å². The number of anilines is 1. The zero-order valence-electron chi connectivity index (χ0n) is 10.7. The van der Waals surface area contributed by atoms with Crippen molar-refractivity contribution in [1.82, 2.24) is 10.3 Å². The fraction of sp³-hybridized carbons (Fsp3) is 0.500. The maximum atomic E-state index is 5.86. The van der Waals surface area contributed by atoms with Crippen LogP contribution in [0.5, 0.6) is 0 Å². The Morgan fingerprint density at radius 1 is 1.44 bits per heavy atom. The Morgan fingerprint density at radius 2 is 2.33 bits per heavy atom. The van der Waals surface area contributed by atoms with Crippen LogP contribution in [-0.4, -0.2) is 30.7 Å². The molecule has 4 heteroatoms. The fourth-order valence-electron chi connectivity index (χ4n) is 2.63. The van der Waals surface area contributed by atoms with E-state index in [1.807, 2.05) is 24.3 Å². The molecule has 0 saturated carbocycles. The van der Waals surface area contributed by atoms with E-state index in [-0.39, 0.29) is 0 Å². The van der Waals surface area contributed by atoms with Crippen molar-refractivity contribution in [2.75, 3.05) is 24.5 Å². The van der Waals surface area contributed by atoms with Crippen LogP contribution in [0, 0.1) is 0 Å². The van der Waals surface area contributed by atoms with Crippen LogP contribution in [0.25, 0.3) is 11.1 Å². The van der Waals surface area contributed by atoms with Crippen LogP contribution in [0.4, 0.5) is 6.01 Å². The number of nitrogens with one attached hydrogen (secondary N) is 1. The summed E-state index contributed by atoms with van der Waals surface area (Å²) >= 11 is 0. The molecule has 1 aromatic carbocycles. The van der Waals surface area contributed by atoms with E-state index < -0.39 is 0 Å². The molecule has 1 unspecified atom stereocenters. The number of fused-ring (bicyclic) bond motifs is 1. The molecule has 0 bridgehead atoms. The minimum Gasteiger partial charge on any atom is -0.423 e. The first kappa shape index (κ1) is 11.5. The van der Waals surface area contributed by atoms with Gasteiger partial charge in [0.1, 0.15) is 5.52 Å². The van der Waals surface area contributed by atoms with Crippen molar-refractivity contribution in [1.29, 1.82) is 0 Å². The molecule has 0 aliphatic carbocycles. The van der Waals surface area contributed by atoms with Gasteiger partial charge in [-0.25, -0.2) is 0 Å². The second kappa shape index (κ2) is 4.98. The molecule has 1 N–H and O–H groups in total. The van der Waals surface area contributed by atoms with E-state index in [2.05, 4.69) is 22.1 Å². The average Bonchev–Trinajstić information content (AvgIpc) is 2.84. The molecular weight excluding hydrogens is 226 g/mol. The van der Waals surface area contributed by atoms with Gasteiger partial charge in [0.15, 0.2) is 5.58 Å². The van der Waals surface area contributed by atoms with Gasteiger partial charge in [-0.1, -0.05) is 12.1 Å². The summed E-state index contributed by atoms with van der Waals surface area (Å²) in [6, 6.07) is 9.20. The van der Waals surface area contributed by atoms with E-state index in [1.54, 1.807) is 0 Å². The lowest BCUT2D eigenvalue weighted by atomic mass is 10.1. The van der Waals surface area contributed by atoms with Crippen molar-refractivity contribution in [3.63, 3.8) is 0 Å². The van der Waals surface area contributed by atoms with Crippen molar-refractivity contribution in [2.24, 2.45) is 0 Å². The third kappa shape index (κ3) is 2.08. The zero-order chi connectivity index (χ0) is 12.4. The number of piperidine rings is 1. The first-order valence-corrected chi connectivity index (χ1v) is 6.71. The maximum absolute atomic E-state index is 5.86. The Hall–Kier alpha value is -1.55. The van der Waals surface area contributed by atoms with Crippen LogP contribution in [-0.2, 0) is 0 Å². The van der Waals surface area contributed by atoms with Gasteiger partial charge in [0.05, 0.1) is 0 Å². The maximum Gasteiger partial charge on any atom is 0.298 e. The standard InChI is InChI=1S/C14H19N3O/c1-2-17(11-6-5-9-15-10-11)14-16-12-7-3-4-8-13(12)18-14/h3-4,7-8,11,15H,2,5-6,9-10H2,1H3. The minimum atomic E-state index is 0.497. The van der Waals surface area contributed by atoms with Crippen LogP contribution in [0.1, 0.15) is 19.8 Å². The number of para-hydroxylation sites is 2. The molecule has 1 saturated heterocycles. The number of likely N-dealkylation sites (N-methyl/N-ethyl adjacent to an activating group) is 1. The van der Waals surface area contributed by atoms with Crippen LogP contribution >= 0.6 is 0 Å². The number of hydrogen-bond acceptors (Lipinski definition) is 4. The fourth-order valence-corrected chi connectivity index (χ4v) is 2.63. The van der Waals surface area contributed by atoms with Gasteiger partial charge >= 0.3 is 0 Å². The monoisotopic (exact) mass is 245 g/mol. The lowest BCUT2D eigenvalue weighted by Crippen LogP contribution is -2.46. The van der Waals surface area contributed by atoms with Crippen LogP contribution in [0.3, 0.4) is 0 Å². The molecule has 1 aromatic heterocycles. The summed E-state index contributed by atoms with van der Waals surface area (Å²) in [6.45, 7) is 5.23. The van der Waals surface area contributed by atoms with Crippen molar-refractivity contribution in [2.45, 2.75) is 25.8 Å². The van der Waals surface area contributed by atoms with Crippen LogP contribution in [0.15, 0.2) is 28.7 Å². The van der Waals surface area contributed by atoms with Gasteiger partial charge in [-0.2, -0.15) is 4.98 Å². The van der Waals surface area contributed by atoms with Gasteiger partial charge in [-0.15, -0.1) is 0 Å². The van der Waals surface area contributed by atoms with Crippen LogP contribution < -0.4 is 10.2 Å². The second-order valence-electron chi connectivity index (χ2n) is 4.75. The second-order valence-corrected chi connectivity index (χ2v) is 4.75. The molecule has 2 heterocycles. The summed E-state index contributed by atoms with van der Waals surface area (Å²) in [7, 11) is 0. The van der Waals surface area contributed by atoms with Gasteiger partial charge < -0.3 is 14.6 Å². The Kier molecular flexibility index (Phi) is 3.19. The molecule has 1 aliphatic rings. The van der Waals surface area contributed by atoms with Gasteiger partial charge in [-0.3, -0.25) is 0 Å². The number of nitrogens with zero attached hydrogens (tertiary/aromatic N) is 2. The first-order chi connectivity index (χ1) is 8.88. The summed E-state index contributed by atoms with van der Waals surface area (Å²) in [5.41, 5.74) is 1.81. The number of rotatable bonds is 3. The highest BCUT2D eigenvalue weighted by atomic mass is 16.4. The molecule has 96 valence electrons. The van der Waals surface area contributed by atoms with Crippen molar-refractivity contribution >= 4 is 17.1 Å². The largest absolute Gasteiger partial charge is 0.423 e.